The Morgan fingerprint density at radius 2 is 1.67 bits per heavy atom. The highest BCUT2D eigenvalue weighted by Crippen LogP contribution is 2.35. The molecule has 136 valence electrons. The molecule has 0 aromatic heterocycles. The van der Waals surface area contributed by atoms with Crippen molar-refractivity contribution < 1.29 is 18.3 Å². The summed E-state index contributed by atoms with van der Waals surface area (Å²) >= 11 is 0. The Labute approximate surface area is 157 Å². The number of hydrogen-bond acceptors (Lipinski definition) is 4. The van der Waals surface area contributed by atoms with Crippen molar-refractivity contribution in [3.05, 3.63) is 83.1 Å². The van der Waals surface area contributed by atoms with E-state index >= 15 is 0 Å². The summed E-state index contributed by atoms with van der Waals surface area (Å²) in [5, 5.41) is 12.7. The van der Waals surface area contributed by atoms with Crippen LogP contribution in [0.5, 0.6) is 0 Å². The molecule has 1 aliphatic heterocycles. The predicted octanol–water partition coefficient (Wildman–Crippen LogP) is 3.89. The fourth-order valence-electron chi connectivity index (χ4n) is 3.30. The molecule has 0 radical (unpaired) electrons. The van der Waals surface area contributed by atoms with Gasteiger partial charge in [-0.1, -0.05) is 42.5 Å². The minimum Gasteiger partial charge on any atom is -0.505 e. The number of benzene rings is 3. The molecule has 27 heavy (non-hydrogen) atoms. The molecule has 0 fully saturated rings. The van der Waals surface area contributed by atoms with Gasteiger partial charge in [0.25, 0.3) is 10.0 Å². The molecule has 1 heterocycles. The standard InChI is InChI=1S/C21H17NO4S/c1-13-7-10-17-18(11-13)27(25,26)22(2)19(21(17)24)20(23)16-9-8-14-5-3-4-6-15(14)12-16/h3-12,23H,1-2H3. The van der Waals surface area contributed by atoms with Gasteiger partial charge in [0.15, 0.2) is 5.76 Å². The number of rotatable bonds is 1. The molecule has 4 rings (SSSR count). The molecule has 0 unspecified atom stereocenters. The van der Waals surface area contributed by atoms with Crippen molar-refractivity contribution in [2.75, 3.05) is 7.05 Å². The molecule has 0 amide bonds. The molecule has 0 saturated heterocycles. The van der Waals surface area contributed by atoms with E-state index in [-0.39, 0.29) is 21.9 Å². The Morgan fingerprint density at radius 3 is 2.41 bits per heavy atom. The van der Waals surface area contributed by atoms with Gasteiger partial charge in [-0.2, -0.15) is 0 Å². The van der Waals surface area contributed by atoms with Gasteiger partial charge >= 0.3 is 0 Å². The molecule has 1 aliphatic rings. The van der Waals surface area contributed by atoms with E-state index in [4.69, 9.17) is 0 Å². The summed E-state index contributed by atoms with van der Waals surface area (Å²) in [6.45, 7) is 1.76. The fraction of sp³-hybridized carbons (Fsp3) is 0.0952. The van der Waals surface area contributed by atoms with Crippen molar-refractivity contribution in [1.29, 1.82) is 0 Å². The summed E-state index contributed by atoms with van der Waals surface area (Å²) in [5.74, 6) is -0.879. The van der Waals surface area contributed by atoms with E-state index < -0.39 is 15.8 Å². The number of carbonyl (C=O) groups is 1. The summed E-state index contributed by atoms with van der Waals surface area (Å²) in [4.78, 5) is 12.9. The van der Waals surface area contributed by atoms with E-state index in [2.05, 4.69) is 0 Å². The zero-order valence-electron chi connectivity index (χ0n) is 14.8. The summed E-state index contributed by atoms with van der Waals surface area (Å²) < 4.78 is 26.6. The SMILES string of the molecule is Cc1ccc2c(c1)S(=O)(=O)N(C)C(=C(O)c1ccc3ccccc3c1)C2=O. The summed E-state index contributed by atoms with van der Waals surface area (Å²) in [6, 6.07) is 17.5. The van der Waals surface area contributed by atoms with Gasteiger partial charge in [0, 0.05) is 18.2 Å². The minimum absolute atomic E-state index is 0.0370. The molecule has 3 aromatic carbocycles. The molecule has 5 nitrogen and oxygen atoms in total. The first-order chi connectivity index (χ1) is 12.8. The Balaban J connectivity index is 1.96. The van der Waals surface area contributed by atoms with Gasteiger partial charge < -0.3 is 5.11 Å². The molecule has 0 bridgehead atoms. The van der Waals surface area contributed by atoms with Crippen molar-refractivity contribution in [2.24, 2.45) is 0 Å². The maximum atomic E-state index is 13.0. The van der Waals surface area contributed by atoms with Crippen molar-refractivity contribution >= 4 is 32.3 Å². The third-order valence-electron chi connectivity index (χ3n) is 4.80. The van der Waals surface area contributed by atoms with Gasteiger partial charge in [-0.25, -0.2) is 8.42 Å². The van der Waals surface area contributed by atoms with E-state index in [1.165, 1.54) is 19.2 Å². The van der Waals surface area contributed by atoms with Crippen LogP contribution in [-0.4, -0.2) is 30.7 Å². The number of allylic oxidation sites excluding steroid dienone is 1. The first-order valence-corrected chi connectivity index (χ1v) is 9.81. The van der Waals surface area contributed by atoms with E-state index in [1.54, 1.807) is 25.1 Å². The Bertz CT molecular complexity index is 1240. The molecule has 3 aromatic rings. The number of sulfonamides is 1. The second-order valence-electron chi connectivity index (χ2n) is 6.56. The van der Waals surface area contributed by atoms with Crippen LogP contribution in [0.2, 0.25) is 0 Å². The second-order valence-corrected chi connectivity index (χ2v) is 8.50. The lowest BCUT2D eigenvalue weighted by molar-refractivity contribution is 0.100. The van der Waals surface area contributed by atoms with Gasteiger partial charge in [0.05, 0.1) is 4.90 Å². The first-order valence-electron chi connectivity index (χ1n) is 8.37. The average Bonchev–Trinajstić information content (AvgIpc) is 2.66. The van der Waals surface area contributed by atoms with Gasteiger partial charge in [0.1, 0.15) is 5.70 Å². The fourth-order valence-corrected chi connectivity index (χ4v) is 4.78. The molecular formula is C21H17NO4S. The van der Waals surface area contributed by atoms with Gasteiger partial charge in [-0.3, -0.25) is 9.10 Å². The topological polar surface area (TPSA) is 74.7 Å². The number of carbonyl (C=O) groups excluding carboxylic acids is 1. The maximum absolute atomic E-state index is 13.0. The number of Topliss-reactive ketones (excluding diaryl/α,β-unsaturated/α-hetero) is 1. The monoisotopic (exact) mass is 379 g/mol. The summed E-state index contributed by atoms with van der Waals surface area (Å²) in [7, 11) is -2.64. The van der Waals surface area contributed by atoms with Crippen molar-refractivity contribution in [3.8, 4) is 0 Å². The van der Waals surface area contributed by atoms with Crippen LogP contribution in [0.25, 0.3) is 16.5 Å². The lowest BCUT2D eigenvalue weighted by atomic mass is 10.0. The van der Waals surface area contributed by atoms with Crippen LogP contribution in [0.4, 0.5) is 0 Å². The van der Waals surface area contributed by atoms with Crippen LogP contribution in [0, 0.1) is 6.92 Å². The van der Waals surface area contributed by atoms with E-state index in [0.29, 0.717) is 5.56 Å². The highest BCUT2D eigenvalue weighted by atomic mass is 32.2. The molecule has 0 spiro atoms. The van der Waals surface area contributed by atoms with Gasteiger partial charge in [0.2, 0.25) is 5.78 Å². The third kappa shape index (κ3) is 2.61. The quantitative estimate of drug-likeness (QED) is 0.514. The number of fused-ring (bicyclic) bond motifs is 2. The largest absolute Gasteiger partial charge is 0.505 e. The smallest absolute Gasteiger partial charge is 0.265 e. The molecular weight excluding hydrogens is 362 g/mol. The van der Waals surface area contributed by atoms with Gasteiger partial charge in [-0.15, -0.1) is 0 Å². The van der Waals surface area contributed by atoms with Crippen LogP contribution in [0.3, 0.4) is 0 Å². The van der Waals surface area contributed by atoms with Crippen LogP contribution in [0.1, 0.15) is 21.5 Å². The molecule has 0 saturated carbocycles. The third-order valence-corrected chi connectivity index (χ3v) is 6.59. The predicted molar refractivity (Wildman–Crippen MR) is 104 cm³/mol. The maximum Gasteiger partial charge on any atom is 0.265 e. The first kappa shape index (κ1) is 17.3. The van der Waals surface area contributed by atoms with E-state index in [9.17, 15) is 18.3 Å². The summed E-state index contributed by atoms with van der Waals surface area (Å²) in [6.07, 6.45) is 0. The van der Waals surface area contributed by atoms with Crippen LogP contribution in [0.15, 0.2) is 71.3 Å². The number of likely N-dealkylation sites (N-methyl/N-ethyl adjacent to an activating group) is 1. The number of ketones is 1. The number of aliphatic hydroxyl groups excluding tert-OH is 1. The molecule has 0 aliphatic carbocycles. The van der Waals surface area contributed by atoms with Gasteiger partial charge in [-0.05, 0) is 41.5 Å². The van der Waals surface area contributed by atoms with E-state index in [0.717, 1.165) is 20.6 Å². The lowest BCUT2D eigenvalue weighted by Crippen LogP contribution is -2.37. The molecule has 1 N–H and O–H groups in total. The Morgan fingerprint density at radius 1 is 0.963 bits per heavy atom. The number of aliphatic hydroxyl groups is 1. The van der Waals surface area contributed by atoms with Crippen molar-refractivity contribution in [1.82, 2.24) is 4.31 Å². The Kier molecular flexibility index (Phi) is 3.82. The number of aryl methyl sites for hydroxylation is 1. The zero-order chi connectivity index (χ0) is 19.3. The zero-order valence-corrected chi connectivity index (χ0v) is 15.6. The molecule has 0 atom stereocenters. The van der Waals surface area contributed by atoms with Crippen molar-refractivity contribution in [3.63, 3.8) is 0 Å². The minimum atomic E-state index is -3.93. The van der Waals surface area contributed by atoms with E-state index in [1.807, 2.05) is 30.3 Å². The lowest BCUT2D eigenvalue weighted by Gasteiger charge is -2.29. The highest BCUT2D eigenvalue weighted by Gasteiger charge is 2.39. The van der Waals surface area contributed by atoms with Crippen LogP contribution < -0.4 is 0 Å². The number of nitrogens with zero attached hydrogens (tertiary/aromatic N) is 1. The average molecular weight is 379 g/mol. The van der Waals surface area contributed by atoms with Crippen LogP contribution >= 0.6 is 0 Å². The highest BCUT2D eigenvalue weighted by molar-refractivity contribution is 7.89. The number of hydrogen-bond donors (Lipinski definition) is 1. The summed E-state index contributed by atoms with van der Waals surface area (Å²) in [5.41, 5.74) is 0.946. The van der Waals surface area contributed by atoms with Crippen LogP contribution in [-0.2, 0) is 10.0 Å². The molecule has 6 heteroatoms. The second kappa shape index (κ2) is 5.96. The van der Waals surface area contributed by atoms with Crippen molar-refractivity contribution in [2.45, 2.75) is 11.8 Å². The normalized spacial score (nSPS) is 17.7. The Hall–Kier alpha value is -3.12.